The number of halogens is 1. The van der Waals surface area contributed by atoms with Crippen molar-refractivity contribution < 1.29 is 0 Å². The zero-order chi connectivity index (χ0) is 14.7. The smallest absolute Gasteiger partial charge is 0.0954 e. The Bertz CT molecular complexity index is 732. The van der Waals surface area contributed by atoms with Gasteiger partial charge in [0.2, 0.25) is 0 Å². The molecule has 0 aliphatic rings. The number of nitrogens with zero attached hydrogens (tertiary/aromatic N) is 2. The normalized spacial score (nSPS) is 10.8. The molecule has 1 aromatic heterocycles. The monoisotopic (exact) mass is 297 g/mol. The van der Waals surface area contributed by atoms with Crippen molar-refractivity contribution in [3.05, 3.63) is 77.2 Å². The van der Waals surface area contributed by atoms with Crippen LogP contribution in [0, 0.1) is 0 Å². The Labute approximate surface area is 129 Å². The average molecular weight is 298 g/mol. The summed E-state index contributed by atoms with van der Waals surface area (Å²) in [5, 5.41) is 0.734. The second-order valence-corrected chi connectivity index (χ2v) is 5.31. The van der Waals surface area contributed by atoms with Gasteiger partial charge in [0.1, 0.15) is 0 Å². The quantitative estimate of drug-likeness (QED) is 0.798. The van der Waals surface area contributed by atoms with Crippen LogP contribution in [0.4, 0.5) is 0 Å². The van der Waals surface area contributed by atoms with Gasteiger partial charge in [0, 0.05) is 23.7 Å². The molecule has 0 bridgehead atoms. The Kier molecular flexibility index (Phi) is 4.04. The Morgan fingerprint density at radius 1 is 1.00 bits per heavy atom. The van der Waals surface area contributed by atoms with Crippen LogP contribution in [-0.4, -0.2) is 9.55 Å². The molecule has 0 saturated heterocycles. The summed E-state index contributed by atoms with van der Waals surface area (Å²) < 4.78 is 2.10. The second kappa shape index (κ2) is 6.12. The Morgan fingerprint density at radius 3 is 2.43 bits per heavy atom. The van der Waals surface area contributed by atoms with Crippen molar-refractivity contribution in [3.8, 4) is 11.3 Å². The van der Waals surface area contributed by atoms with Crippen LogP contribution < -0.4 is 5.73 Å². The van der Waals surface area contributed by atoms with Gasteiger partial charge in [0.05, 0.1) is 18.2 Å². The van der Waals surface area contributed by atoms with Crippen molar-refractivity contribution in [1.82, 2.24) is 9.55 Å². The van der Waals surface area contributed by atoms with Crippen LogP contribution in [0.5, 0.6) is 0 Å². The molecule has 0 amide bonds. The molecule has 0 unspecified atom stereocenters. The summed E-state index contributed by atoms with van der Waals surface area (Å²) in [7, 11) is 0. The zero-order valence-electron chi connectivity index (χ0n) is 11.5. The molecule has 0 atom stereocenters. The minimum absolute atomic E-state index is 0.566. The summed E-state index contributed by atoms with van der Waals surface area (Å²) in [6, 6.07) is 16.1. The molecule has 0 aliphatic heterocycles. The van der Waals surface area contributed by atoms with Gasteiger partial charge < -0.3 is 10.3 Å². The molecule has 0 radical (unpaired) electrons. The van der Waals surface area contributed by atoms with Gasteiger partial charge in [-0.3, -0.25) is 0 Å². The Balaban J connectivity index is 1.90. The summed E-state index contributed by atoms with van der Waals surface area (Å²) in [5.74, 6) is 0. The van der Waals surface area contributed by atoms with Crippen LogP contribution in [0.2, 0.25) is 5.02 Å². The highest BCUT2D eigenvalue weighted by molar-refractivity contribution is 6.33. The molecule has 0 aliphatic carbocycles. The molecule has 0 saturated carbocycles. The average Bonchev–Trinajstić information content (AvgIpc) is 2.96. The Morgan fingerprint density at radius 2 is 1.71 bits per heavy atom. The summed E-state index contributed by atoms with van der Waals surface area (Å²) in [4.78, 5) is 4.25. The number of hydrogen-bond acceptors (Lipinski definition) is 2. The van der Waals surface area contributed by atoms with Gasteiger partial charge in [-0.15, -0.1) is 0 Å². The van der Waals surface area contributed by atoms with Crippen molar-refractivity contribution in [2.24, 2.45) is 5.73 Å². The fraction of sp³-hybridized carbons (Fsp3) is 0.118. The van der Waals surface area contributed by atoms with Gasteiger partial charge in [-0.05, 0) is 17.2 Å². The number of imidazole rings is 1. The van der Waals surface area contributed by atoms with Crippen molar-refractivity contribution in [3.63, 3.8) is 0 Å². The van der Waals surface area contributed by atoms with Gasteiger partial charge in [0.25, 0.3) is 0 Å². The van der Waals surface area contributed by atoms with Gasteiger partial charge >= 0.3 is 0 Å². The van der Waals surface area contributed by atoms with Gasteiger partial charge in [0.15, 0.2) is 0 Å². The lowest BCUT2D eigenvalue weighted by atomic mass is 10.1. The van der Waals surface area contributed by atoms with Crippen LogP contribution in [0.15, 0.2) is 61.1 Å². The number of rotatable bonds is 4. The predicted molar refractivity (Wildman–Crippen MR) is 86.1 cm³/mol. The third-order valence-electron chi connectivity index (χ3n) is 3.47. The summed E-state index contributed by atoms with van der Waals surface area (Å²) >= 11 is 6.28. The molecule has 0 fully saturated rings. The van der Waals surface area contributed by atoms with Gasteiger partial charge in [-0.25, -0.2) is 4.98 Å². The highest BCUT2D eigenvalue weighted by Crippen LogP contribution is 2.27. The molecule has 3 aromatic rings. The molecule has 106 valence electrons. The van der Waals surface area contributed by atoms with Crippen LogP contribution >= 0.6 is 11.6 Å². The SMILES string of the molecule is NCc1ccc(Cn2cncc2-c2ccccc2Cl)cc1. The third-order valence-corrected chi connectivity index (χ3v) is 3.80. The molecule has 21 heavy (non-hydrogen) atoms. The number of nitrogens with two attached hydrogens (primary N) is 1. The standard InChI is InChI=1S/C17H16ClN3/c18-16-4-2-1-3-15(16)17-10-20-12-21(17)11-14-7-5-13(9-19)6-8-14/h1-8,10,12H,9,11,19H2. The van der Waals surface area contributed by atoms with Crippen LogP contribution in [-0.2, 0) is 13.1 Å². The first-order valence-electron chi connectivity index (χ1n) is 6.81. The molecule has 1 heterocycles. The van der Waals surface area contributed by atoms with E-state index in [1.165, 1.54) is 5.56 Å². The largest absolute Gasteiger partial charge is 0.326 e. The molecule has 3 rings (SSSR count). The first-order valence-corrected chi connectivity index (χ1v) is 7.18. The lowest BCUT2D eigenvalue weighted by Crippen LogP contribution is -2.01. The molecule has 2 aromatic carbocycles. The number of benzene rings is 2. The summed E-state index contributed by atoms with van der Waals surface area (Å²) in [6.07, 6.45) is 3.67. The van der Waals surface area contributed by atoms with E-state index in [1.54, 1.807) is 0 Å². The van der Waals surface area contributed by atoms with Crippen molar-refractivity contribution in [2.75, 3.05) is 0 Å². The summed E-state index contributed by atoms with van der Waals surface area (Å²) in [6.45, 7) is 1.32. The lowest BCUT2D eigenvalue weighted by Gasteiger charge is -2.10. The minimum Gasteiger partial charge on any atom is -0.326 e. The van der Waals surface area contributed by atoms with E-state index in [2.05, 4.69) is 33.8 Å². The van der Waals surface area contributed by atoms with Crippen LogP contribution in [0.1, 0.15) is 11.1 Å². The van der Waals surface area contributed by atoms with Crippen LogP contribution in [0.3, 0.4) is 0 Å². The molecule has 4 heteroatoms. The van der Waals surface area contributed by atoms with E-state index in [0.717, 1.165) is 28.4 Å². The number of aromatic nitrogens is 2. The maximum absolute atomic E-state index is 6.28. The van der Waals surface area contributed by atoms with Crippen molar-refractivity contribution in [2.45, 2.75) is 13.1 Å². The van der Waals surface area contributed by atoms with Gasteiger partial charge in [-0.2, -0.15) is 0 Å². The molecular formula is C17H16ClN3. The first-order chi connectivity index (χ1) is 10.3. The van der Waals surface area contributed by atoms with Crippen LogP contribution in [0.25, 0.3) is 11.3 Å². The topological polar surface area (TPSA) is 43.8 Å². The first kappa shape index (κ1) is 13.9. The highest BCUT2D eigenvalue weighted by atomic mass is 35.5. The van der Waals surface area contributed by atoms with Crippen molar-refractivity contribution in [1.29, 1.82) is 0 Å². The maximum Gasteiger partial charge on any atom is 0.0954 e. The van der Waals surface area contributed by atoms with E-state index in [9.17, 15) is 0 Å². The molecular weight excluding hydrogens is 282 g/mol. The van der Waals surface area contributed by atoms with E-state index in [-0.39, 0.29) is 0 Å². The fourth-order valence-corrected chi connectivity index (χ4v) is 2.55. The maximum atomic E-state index is 6.28. The van der Waals surface area contributed by atoms with E-state index >= 15 is 0 Å². The minimum atomic E-state index is 0.566. The molecule has 0 spiro atoms. The lowest BCUT2D eigenvalue weighted by molar-refractivity contribution is 0.804. The second-order valence-electron chi connectivity index (χ2n) is 4.91. The van der Waals surface area contributed by atoms with E-state index in [4.69, 9.17) is 17.3 Å². The highest BCUT2D eigenvalue weighted by Gasteiger charge is 2.08. The predicted octanol–water partition coefficient (Wildman–Crippen LogP) is 3.71. The molecule has 3 nitrogen and oxygen atoms in total. The molecule has 2 N–H and O–H groups in total. The van der Waals surface area contributed by atoms with E-state index in [0.29, 0.717) is 6.54 Å². The Hall–Kier alpha value is -2.10. The van der Waals surface area contributed by atoms with Gasteiger partial charge in [-0.1, -0.05) is 54.1 Å². The van der Waals surface area contributed by atoms with Crippen molar-refractivity contribution >= 4 is 11.6 Å². The summed E-state index contributed by atoms with van der Waals surface area (Å²) in [5.41, 5.74) is 9.98. The number of hydrogen-bond donors (Lipinski definition) is 1. The third kappa shape index (κ3) is 2.99. The fourth-order valence-electron chi connectivity index (χ4n) is 2.32. The van der Waals surface area contributed by atoms with E-state index < -0.39 is 0 Å². The van der Waals surface area contributed by atoms with E-state index in [1.807, 2.05) is 36.8 Å². The zero-order valence-corrected chi connectivity index (χ0v) is 12.3.